The molecule has 0 aliphatic carbocycles. The van der Waals surface area contributed by atoms with Crippen molar-refractivity contribution in [1.29, 1.82) is 0 Å². The van der Waals surface area contributed by atoms with E-state index >= 15 is 0 Å². The summed E-state index contributed by atoms with van der Waals surface area (Å²) in [7, 11) is 0. The molecule has 0 unspecified atom stereocenters. The maximum atomic E-state index is 10.8. The lowest BCUT2D eigenvalue weighted by molar-refractivity contribution is -0.148. The Hall–Kier alpha value is -1.55. The van der Waals surface area contributed by atoms with Gasteiger partial charge in [-0.1, -0.05) is 29.8 Å². The first-order valence-corrected chi connectivity index (χ1v) is 5.06. The maximum Gasteiger partial charge on any atom is 0.307 e. The molecule has 2 N–H and O–H groups in total. The monoisotopic (exact) mass is 242 g/mol. The smallest absolute Gasteiger partial charge is 0.307 e. The second-order valence-corrected chi connectivity index (χ2v) is 3.84. The summed E-state index contributed by atoms with van der Waals surface area (Å²) in [6, 6.07) is 6.82. The number of benzene rings is 1. The van der Waals surface area contributed by atoms with E-state index in [-0.39, 0.29) is 6.42 Å². The molecule has 0 amide bonds. The van der Waals surface area contributed by atoms with Crippen LogP contribution in [-0.4, -0.2) is 22.2 Å². The normalized spacial score (nSPS) is 12.1. The zero-order chi connectivity index (χ0) is 12.1. The lowest BCUT2D eigenvalue weighted by atomic mass is 9.96. The third kappa shape index (κ3) is 3.55. The van der Waals surface area contributed by atoms with Crippen molar-refractivity contribution in [2.45, 2.75) is 12.8 Å². The molecule has 5 heteroatoms. The van der Waals surface area contributed by atoms with Crippen LogP contribution in [0.4, 0.5) is 0 Å². The fourth-order valence-electron chi connectivity index (χ4n) is 1.39. The van der Waals surface area contributed by atoms with Crippen molar-refractivity contribution in [3.05, 3.63) is 34.9 Å². The molecule has 1 aromatic rings. The van der Waals surface area contributed by atoms with Crippen LogP contribution in [0.1, 0.15) is 12.0 Å². The molecule has 0 spiro atoms. The molecule has 0 aliphatic heterocycles. The highest BCUT2D eigenvalue weighted by Crippen LogP contribution is 2.20. The Bertz CT molecular complexity index is 403. The highest BCUT2D eigenvalue weighted by Gasteiger charge is 2.22. The van der Waals surface area contributed by atoms with E-state index in [1.807, 2.05) is 0 Å². The predicted octanol–water partition coefficient (Wildman–Crippen LogP) is 2.06. The summed E-state index contributed by atoms with van der Waals surface area (Å²) in [6.45, 7) is 0. The van der Waals surface area contributed by atoms with E-state index in [1.54, 1.807) is 24.3 Å². The van der Waals surface area contributed by atoms with Crippen LogP contribution in [0.3, 0.4) is 0 Å². The molecule has 1 atom stereocenters. The van der Waals surface area contributed by atoms with Crippen LogP contribution in [-0.2, 0) is 16.0 Å². The molecule has 86 valence electrons. The minimum absolute atomic E-state index is 0.126. The van der Waals surface area contributed by atoms with Gasteiger partial charge >= 0.3 is 11.9 Å². The summed E-state index contributed by atoms with van der Waals surface area (Å²) < 4.78 is 0. The highest BCUT2D eigenvalue weighted by molar-refractivity contribution is 6.31. The van der Waals surface area contributed by atoms with Crippen LogP contribution < -0.4 is 0 Å². The average Bonchev–Trinajstić information content (AvgIpc) is 2.19. The molecule has 0 aromatic heterocycles. The second kappa shape index (κ2) is 5.51. The zero-order valence-electron chi connectivity index (χ0n) is 8.39. The van der Waals surface area contributed by atoms with Gasteiger partial charge in [0.15, 0.2) is 0 Å². The van der Waals surface area contributed by atoms with E-state index in [1.165, 1.54) is 0 Å². The van der Waals surface area contributed by atoms with E-state index < -0.39 is 24.3 Å². The molecule has 0 saturated heterocycles. The van der Waals surface area contributed by atoms with Crippen molar-refractivity contribution in [3.63, 3.8) is 0 Å². The lowest BCUT2D eigenvalue weighted by Crippen LogP contribution is -2.20. The molecule has 1 aromatic carbocycles. The van der Waals surface area contributed by atoms with Gasteiger partial charge in [-0.15, -0.1) is 0 Å². The summed E-state index contributed by atoms with van der Waals surface area (Å²) in [5, 5.41) is 17.9. The first-order valence-electron chi connectivity index (χ1n) is 4.68. The molecular weight excluding hydrogens is 232 g/mol. The highest BCUT2D eigenvalue weighted by atomic mass is 35.5. The number of aliphatic carboxylic acids is 2. The van der Waals surface area contributed by atoms with E-state index in [4.69, 9.17) is 21.8 Å². The van der Waals surface area contributed by atoms with Crippen LogP contribution in [0.5, 0.6) is 0 Å². The van der Waals surface area contributed by atoms with Crippen LogP contribution in [0.25, 0.3) is 0 Å². The van der Waals surface area contributed by atoms with Crippen LogP contribution in [0.15, 0.2) is 24.3 Å². The van der Waals surface area contributed by atoms with E-state index in [2.05, 4.69) is 0 Å². The standard InChI is InChI=1S/C11H11ClO4/c12-9-4-2-1-3-7(9)5-8(11(15)16)6-10(13)14/h1-4,8H,5-6H2,(H,13,14)(H,15,16)/t8-/m0/s1. The largest absolute Gasteiger partial charge is 0.481 e. The Labute approximate surface area is 97.5 Å². The van der Waals surface area contributed by atoms with Crippen molar-refractivity contribution in [2.75, 3.05) is 0 Å². The fourth-order valence-corrected chi connectivity index (χ4v) is 1.60. The van der Waals surface area contributed by atoms with Gasteiger partial charge in [0.1, 0.15) is 0 Å². The van der Waals surface area contributed by atoms with E-state index in [9.17, 15) is 9.59 Å². The third-order valence-corrected chi connectivity index (χ3v) is 2.56. The SMILES string of the molecule is O=C(O)C[C@H](Cc1ccccc1Cl)C(=O)O. The summed E-state index contributed by atoms with van der Waals surface area (Å²) in [5.41, 5.74) is 0.651. The fraction of sp³-hybridized carbons (Fsp3) is 0.273. The first kappa shape index (κ1) is 12.5. The number of carboxylic acids is 2. The molecule has 4 nitrogen and oxygen atoms in total. The second-order valence-electron chi connectivity index (χ2n) is 3.43. The van der Waals surface area contributed by atoms with Crippen molar-refractivity contribution < 1.29 is 19.8 Å². The van der Waals surface area contributed by atoms with Crippen LogP contribution in [0, 0.1) is 5.92 Å². The first-order chi connectivity index (χ1) is 7.50. The van der Waals surface area contributed by atoms with Gasteiger partial charge in [-0.3, -0.25) is 9.59 Å². The summed E-state index contributed by atoms with van der Waals surface area (Å²) in [4.78, 5) is 21.3. The number of carbonyl (C=O) groups is 2. The summed E-state index contributed by atoms with van der Waals surface area (Å²) >= 11 is 5.87. The molecule has 0 aliphatic rings. The number of carboxylic acid groups (broad SMARTS) is 2. The predicted molar refractivity (Wildman–Crippen MR) is 58.5 cm³/mol. The number of halogens is 1. The van der Waals surface area contributed by atoms with Gasteiger partial charge in [0.25, 0.3) is 0 Å². The molecule has 0 saturated carbocycles. The zero-order valence-corrected chi connectivity index (χ0v) is 9.15. The molecular formula is C11H11ClO4. The molecule has 0 heterocycles. The number of rotatable bonds is 5. The third-order valence-electron chi connectivity index (χ3n) is 2.19. The average molecular weight is 243 g/mol. The molecule has 16 heavy (non-hydrogen) atoms. The number of hydrogen-bond acceptors (Lipinski definition) is 2. The molecule has 0 radical (unpaired) electrons. The summed E-state index contributed by atoms with van der Waals surface area (Å²) in [6.07, 6.45) is -0.276. The van der Waals surface area contributed by atoms with Gasteiger partial charge in [-0.25, -0.2) is 0 Å². The topological polar surface area (TPSA) is 74.6 Å². The van der Waals surface area contributed by atoms with Crippen LogP contribution >= 0.6 is 11.6 Å². The van der Waals surface area contributed by atoms with Crippen molar-refractivity contribution in [1.82, 2.24) is 0 Å². The lowest BCUT2D eigenvalue weighted by Gasteiger charge is -2.10. The number of hydrogen-bond donors (Lipinski definition) is 2. The Balaban J connectivity index is 2.80. The van der Waals surface area contributed by atoms with Gasteiger partial charge in [-0.05, 0) is 18.1 Å². The van der Waals surface area contributed by atoms with Gasteiger partial charge in [0.2, 0.25) is 0 Å². The van der Waals surface area contributed by atoms with E-state index in [0.717, 1.165) is 0 Å². The van der Waals surface area contributed by atoms with Gasteiger partial charge in [0.05, 0.1) is 12.3 Å². The van der Waals surface area contributed by atoms with E-state index in [0.29, 0.717) is 10.6 Å². The van der Waals surface area contributed by atoms with Crippen molar-refractivity contribution >= 4 is 23.5 Å². The molecule has 0 fully saturated rings. The quantitative estimate of drug-likeness (QED) is 0.829. The van der Waals surface area contributed by atoms with Crippen molar-refractivity contribution in [2.24, 2.45) is 5.92 Å². The van der Waals surface area contributed by atoms with Gasteiger partial charge in [-0.2, -0.15) is 0 Å². The maximum absolute atomic E-state index is 10.8. The summed E-state index contributed by atoms with van der Waals surface area (Å²) in [5.74, 6) is -3.20. The minimum atomic E-state index is -1.13. The van der Waals surface area contributed by atoms with Gasteiger partial charge in [0, 0.05) is 5.02 Å². The minimum Gasteiger partial charge on any atom is -0.481 e. The Morgan fingerprint density at radius 3 is 2.38 bits per heavy atom. The Morgan fingerprint density at radius 2 is 1.88 bits per heavy atom. The Kier molecular flexibility index (Phi) is 4.31. The Morgan fingerprint density at radius 1 is 1.25 bits per heavy atom. The van der Waals surface area contributed by atoms with Crippen molar-refractivity contribution in [3.8, 4) is 0 Å². The van der Waals surface area contributed by atoms with Gasteiger partial charge < -0.3 is 10.2 Å². The molecule has 1 rings (SSSR count). The van der Waals surface area contributed by atoms with Crippen LogP contribution in [0.2, 0.25) is 5.02 Å². The molecule has 0 bridgehead atoms.